The number of aromatic nitrogens is 2. The van der Waals surface area contributed by atoms with Gasteiger partial charge in [-0.15, -0.1) is 0 Å². The minimum Gasteiger partial charge on any atom is -0.468 e. The topological polar surface area (TPSA) is 73.2 Å². The molecule has 1 aliphatic carbocycles. The number of nitrogens with zero attached hydrogens (tertiary/aromatic N) is 2. The van der Waals surface area contributed by atoms with Crippen molar-refractivity contribution in [2.75, 3.05) is 13.7 Å². The summed E-state index contributed by atoms with van der Waals surface area (Å²) in [6.07, 6.45) is -1.48. The second-order valence-corrected chi connectivity index (χ2v) is 5.34. The summed E-state index contributed by atoms with van der Waals surface area (Å²) in [5, 5.41) is 5.90. The summed E-state index contributed by atoms with van der Waals surface area (Å²) in [6.45, 7) is -0.680. The van der Waals surface area contributed by atoms with Crippen molar-refractivity contribution in [3.8, 4) is 0 Å². The Kier molecular flexibility index (Phi) is 5.27. The van der Waals surface area contributed by atoms with E-state index in [0.29, 0.717) is 25.0 Å². The molecule has 1 aliphatic rings. The van der Waals surface area contributed by atoms with Crippen LogP contribution >= 0.6 is 0 Å². The zero-order valence-corrected chi connectivity index (χ0v) is 12.7. The summed E-state index contributed by atoms with van der Waals surface area (Å²) >= 11 is 0. The standard InChI is InChI=1S/C14H18F3N3O3/c1-23-12(22)7-18-11(21)8-20-10-6-4-2-3-5-9(10)13(19-20)14(15,16)17/h2-8H2,1H3,(H,18,21). The van der Waals surface area contributed by atoms with Crippen LogP contribution in [0.1, 0.15) is 36.2 Å². The first-order valence-corrected chi connectivity index (χ1v) is 7.32. The number of amides is 1. The van der Waals surface area contributed by atoms with Gasteiger partial charge in [0.2, 0.25) is 5.91 Å². The van der Waals surface area contributed by atoms with E-state index < -0.39 is 23.7 Å². The zero-order chi connectivity index (χ0) is 17.0. The van der Waals surface area contributed by atoms with E-state index in [0.717, 1.165) is 17.5 Å². The number of hydrogen-bond acceptors (Lipinski definition) is 4. The van der Waals surface area contributed by atoms with E-state index in [1.54, 1.807) is 0 Å². The molecule has 0 saturated heterocycles. The van der Waals surface area contributed by atoms with Crippen LogP contribution in [0, 0.1) is 0 Å². The fourth-order valence-corrected chi connectivity index (χ4v) is 2.64. The van der Waals surface area contributed by atoms with Crippen LogP contribution in [-0.2, 0) is 39.9 Å². The quantitative estimate of drug-likeness (QED) is 0.669. The Morgan fingerprint density at radius 2 is 1.96 bits per heavy atom. The molecule has 0 radical (unpaired) electrons. The highest BCUT2D eigenvalue weighted by atomic mass is 19.4. The molecule has 0 fully saturated rings. The third-order valence-corrected chi connectivity index (χ3v) is 3.73. The first-order valence-electron chi connectivity index (χ1n) is 7.32. The van der Waals surface area contributed by atoms with Crippen molar-refractivity contribution >= 4 is 11.9 Å². The highest BCUT2D eigenvalue weighted by Crippen LogP contribution is 2.35. The van der Waals surface area contributed by atoms with E-state index in [4.69, 9.17) is 0 Å². The van der Waals surface area contributed by atoms with E-state index >= 15 is 0 Å². The normalized spacial score (nSPS) is 14.8. The molecule has 1 heterocycles. The summed E-state index contributed by atoms with van der Waals surface area (Å²) < 4.78 is 44.9. The minimum atomic E-state index is -4.54. The lowest BCUT2D eigenvalue weighted by molar-refractivity contribution is -0.142. The largest absolute Gasteiger partial charge is 0.468 e. The maximum absolute atomic E-state index is 13.1. The predicted molar refractivity (Wildman–Crippen MR) is 73.5 cm³/mol. The number of carbonyl (C=O) groups is 2. The van der Waals surface area contributed by atoms with Gasteiger partial charge < -0.3 is 10.1 Å². The number of nitrogens with one attached hydrogen (secondary N) is 1. The third kappa shape index (κ3) is 4.23. The second kappa shape index (κ2) is 7.01. The monoisotopic (exact) mass is 333 g/mol. The molecule has 0 bridgehead atoms. The highest BCUT2D eigenvalue weighted by Gasteiger charge is 2.39. The number of halogens is 3. The van der Waals surface area contributed by atoms with Crippen LogP contribution in [-0.4, -0.2) is 35.3 Å². The number of carbonyl (C=O) groups excluding carboxylic acids is 2. The maximum Gasteiger partial charge on any atom is 0.435 e. The van der Waals surface area contributed by atoms with Crippen molar-refractivity contribution < 1.29 is 27.5 Å². The van der Waals surface area contributed by atoms with Crippen molar-refractivity contribution in [3.63, 3.8) is 0 Å². The molecule has 9 heteroatoms. The van der Waals surface area contributed by atoms with Crippen LogP contribution in [0.2, 0.25) is 0 Å². The SMILES string of the molecule is COC(=O)CNC(=O)Cn1nc(C(F)(F)F)c2c1CCCCC2. The second-order valence-electron chi connectivity index (χ2n) is 5.34. The summed E-state index contributed by atoms with van der Waals surface area (Å²) in [6, 6.07) is 0. The van der Waals surface area contributed by atoms with Crippen LogP contribution in [0.4, 0.5) is 13.2 Å². The van der Waals surface area contributed by atoms with Gasteiger partial charge in [0, 0.05) is 11.3 Å². The molecule has 6 nitrogen and oxygen atoms in total. The number of rotatable bonds is 4. The van der Waals surface area contributed by atoms with E-state index in [1.165, 1.54) is 7.11 Å². The van der Waals surface area contributed by atoms with Gasteiger partial charge in [0.1, 0.15) is 13.1 Å². The Morgan fingerprint density at radius 3 is 2.61 bits per heavy atom. The summed E-state index contributed by atoms with van der Waals surface area (Å²) in [7, 11) is 1.18. The van der Waals surface area contributed by atoms with Gasteiger partial charge in [-0.05, 0) is 25.7 Å². The lowest BCUT2D eigenvalue weighted by Gasteiger charge is -2.08. The molecule has 128 valence electrons. The van der Waals surface area contributed by atoms with Crippen LogP contribution in [0.3, 0.4) is 0 Å². The lowest BCUT2D eigenvalue weighted by Crippen LogP contribution is -2.33. The van der Waals surface area contributed by atoms with E-state index in [-0.39, 0.29) is 18.7 Å². The number of alkyl halides is 3. The highest BCUT2D eigenvalue weighted by molar-refractivity contribution is 5.81. The van der Waals surface area contributed by atoms with Gasteiger partial charge in [0.05, 0.1) is 7.11 Å². The molecule has 0 saturated carbocycles. The molecule has 1 amide bonds. The molecular formula is C14H18F3N3O3. The van der Waals surface area contributed by atoms with Crippen LogP contribution in [0.15, 0.2) is 0 Å². The number of methoxy groups -OCH3 is 1. The molecule has 1 aromatic rings. The predicted octanol–water partition coefficient (Wildman–Crippen LogP) is 1.46. The van der Waals surface area contributed by atoms with Crippen molar-refractivity contribution in [2.24, 2.45) is 0 Å². The third-order valence-electron chi connectivity index (χ3n) is 3.73. The van der Waals surface area contributed by atoms with Crippen LogP contribution in [0.5, 0.6) is 0 Å². The van der Waals surface area contributed by atoms with E-state index in [2.05, 4.69) is 15.2 Å². The van der Waals surface area contributed by atoms with Gasteiger partial charge >= 0.3 is 12.1 Å². The molecule has 0 atom stereocenters. The lowest BCUT2D eigenvalue weighted by atomic mass is 10.1. The molecule has 1 N–H and O–H groups in total. The number of esters is 1. The number of ether oxygens (including phenoxy) is 1. The summed E-state index contributed by atoms with van der Waals surface area (Å²) in [4.78, 5) is 22.8. The van der Waals surface area contributed by atoms with E-state index in [9.17, 15) is 22.8 Å². The Labute approximate surface area is 131 Å². The molecule has 0 aliphatic heterocycles. The zero-order valence-electron chi connectivity index (χ0n) is 12.7. The van der Waals surface area contributed by atoms with E-state index in [1.807, 2.05) is 0 Å². The Hall–Kier alpha value is -2.06. The molecule has 1 aromatic heterocycles. The van der Waals surface area contributed by atoms with Crippen molar-refractivity contribution in [1.82, 2.24) is 15.1 Å². The summed E-state index contributed by atoms with van der Waals surface area (Å²) in [5.74, 6) is -1.22. The molecule has 2 rings (SSSR count). The minimum absolute atomic E-state index is 0.191. The average molecular weight is 333 g/mol. The summed E-state index contributed by atoms with van der Waals surface area (Å²) in [5.41, 5.74) is -0.256. The van der Waals surface area contributed by atoms with Gasteiger partial charge in [-0.25, -0.2) is 0 Å². The number of hydrogen-bond donors (Lipinski definition) is 1. The van der Waals surface area contributed by atoms with Gasteiger partial charge in [-0.2, -0.15) is 18.3 Å². The Morgan fingerprint density at radius 1 is 1.26 bits per heavy atom. The van der Waals surface area contributed by atoms with Crippen molar-refractivity contribution in [3.05, 3.63) is 17.0 Å². The Balaban J connectivity index is 2.20. The smallest absolute Gasteiger partial charge is 0.435 e. The molecule has 23 heavy (non-hydrogen) atoms. The molecule has 0 spiro atoms. The van der Waals surface area contributed by atoms with Crippen LogP contribution < -0.4 is 5.32 Å². The first-order chi connectivity index (χ1) is 10.8. The molecule has 0 unspecified atom stereocenters. The van der Waals surface area contributed by atoms with Gasteiger partial charge in [0.15, 0.2) is 5.69 Å². The number of fused-ring (bicyclic) bond motifs is 1. The van der Waals surface area contributed by atoms with Crippen molar-refractivity contribution in [1.29, 1.82) is 0 Å². The van der Waals surface area contributed by atoms with Gasteiger partial charge in [0.25, 0.3) is 0 Å². The molecular weight excluding hydrogens is 315 g/mol. The fourth-order valence-electron chi connectivity index (χ4n) is 2.64. The fraction of sp³-hybridized carbons (Fsp3) is 0.643. The maximum atomic E-state index is 13.1. The van der Waals surface area contributed by atoms with Gasteiger partial charge in [-0.3, -0.25) is 14.3 Å². The van der Waals surface area contributed by atoms with Gasteiger partial charge in [-0.1, -0.05) is 6.42 Å². The van der Waals surface area contributed by atoms with Crippen LogP contribution in [0.25, 0.3) is 0 Å². The van der Waals surface area contributed by atoms with Crippen molar-refractivity contribution in [2.45, 2.75) is 44.8 Å². The molecule has 0 aromatic carbocycles. The first kappa shape index (κ1) is 17.3. The Bertz CT molecular complexity index is 596. The average Bonchev–Trinajstić information content (AvgIpc) is 2.68.